The molecule has 2 unspecified atom stereocenters. The summed E-state index contributed by atoms with van der Waals surface area (Å²) in [6.45, 7) is 12.1. The van der Waals surface area contributed by atoms with E-state index in [-0.39, 0.29) is 0 Å². The van der Waals surface area contributed by atoms with E-state index in [0.29, 0.717) is 17.9 Å². The summed E-state index contributed by atoms with van der Waals surface area (Å²) in [5.41, 5.74) is 2.34. The van der Waals surface area contributed by atoms with Crippen LogP contribution in [0.15, 0.2) is 12.4 Å². The standard InChI is InChI=1S/C15H27N3/c1-6-8-13-9-14(18-10-17-13)15(11(3)4)12(5)16-7-2/h9-12,15-16H,6-8H2,1-5H3. The molecule has 1 rings (SSSR count). The quantitative estimate of drug-likeness (QED) is 0.806. The van der Waals surface area contributed by atoms with Crippen LogP contribution in [0.4, 0.5) is 0 Å². The number of aromatic nitrogens is 2. The summed E-state index contributed by atoms with van der Waals surface area (Å²) < 4.78 is 0. The number of hydrogen-bond acceptors (Lipinski definition) is 3. The molecule has 0 bridgehead atoms. The molecule has 0 aromatic carbocycles. The molecule has 0 fully saturated rings. The van der Waals surface area contributed by atoms with Gasteiger partial charge in [0.15, 0.2) is 0 Å². The van der Waals surface area contributed by atoms with E-state index in [2.05, 4.69) is 56.0 Å². The molecule has 0 spiro atoms. The molecule has 0 saturated heterocycles. The summed E-state index contributed by atoms with van der Waals surface area (Å²) >= 11 is 0. The van der Waals surface area contributed by atoms with Crippen molar-refractivity contribution in [2.45, 2.75) is 59.4 Å². The lowest BCUT2D eigenvalue weighted by Crippen LogP contribution is -2.35. The molecule has 0 aliphatic heterocycles. The molecule has 3 heteroatoms. The first-order chi connectivity index (χ1) is 8.60. The van der Waals surface area contributed by atoms with Gasteiger partial charge in [0.05, 0.1) is 0 Å². The molecular weight excluding hydrogens is 222 g/mol. The second-order valence-electron chi connectivity index (χ2n) is 5.30. The van der Waals surface area contributed by atoms with Crippen LogP contribution in [0.5, 0.6) is 0 Å². The molecule has 102 valence electrons. The third kappa shape index (κ3) is 4.05. The molecule has 18 heavy (non-hydrogen) atoms. The molecular formula is C15H27N3. The molecule has 1 aromatic rings. The second-order valence-corrected chi connectivity index (χ2v) is 5.30. The zero-order valence-electron chi connectivity index (χ0n) is 12.4. The highest BCUT2D eigenvalue weighted by Gasteiger charge is 2.23. The van der Waals surface area contributed by atoms with Gasteiger partial charge in [0.2, 0.25) is 0 Å². The summed E-state index contributed by atoms with van der Waals surface area (Å²) in [6, 6.07) is 2.63. The Morgan fingerprint density at radius 2 is 1.89 bits per heavy atom. The van der Waals surface area contributed by atoms with Crippen molar-refractivity contribution in [1.82, 2.24) is 15.3 Å². The Hall–Kier alpha value is -0.960. The van der Waals surface area contributed by atoms with Gasteiger partial charge in [0.25, 0.3) is 0 Å². The Kier molecular flexibility index (Phi) is 6.27. The topological polar surface area (TPSA) is 37.8 Å². The Morgan fingerprint density at radius 3 is 2.44 bits per heavy atom. The smallest absolute Gasteiger partial charge is 0.115 e. The normalized spacial score (nSPS) is 14.8. The van der Waals surface area contributed by atoms with Crippen LogP contribution >= 0.6 is 0 Å². The molecule has 0 saturated carbocycles. The summed E-state index contributed by atoms with van der Waals surface area (Å²) in [5.74, 6) is 1.02. The van der Waals surface area contributed by atoms with Crippen molar-refractivity contribution in [3.8, 4) is 0 Å². The van der Waals surface area contributed by atoms with E-state index < -0.39 is 0 Å². The van der Waals surface area contributed by atoms with Crippen LogP contribution in [0, 0.1) is 5.92 Å². The third-order valence-corrected chi connectivity index (χ3v) is 3.38. The Morgan fingerprint density at radius 1 is 1.17 bits per heavy atom. The van der Waals surface area contributed by atoms with Crippen molar-refractivity contribution < 1.29 is 0 Å². The summed E-state index contributed by atoms with van der Waals surface area (Å²) in [6.07, 6.45) is 3.88. The highest BCUT2D eigenvalue weighted by molar-refractivity contribution is 5.15. The first-order valence-corrected chi connectivity index (χ1v) is 7.14. The number of aryl methyl sites for hydroxylation is 1. The van der Waals surface area contributed by atoms with Crippen LogP contribution in [-0.2, 0) is 6.42 Å². The lowest BCUT2D eigenvalue weighted by atomic mass is 9.86. The van der Waals surface area contributed by atoms with Crippen LogP contribution in [0.25, 0.3) is 0 Å². The molecule has 0 radical (unpaired) electrons. The van der Waals surface area contributed by atoms with Crippen molar-refractivity contribution >= 4 is 0 Å². The van der Waals surface area contributed by atoms with Gasteiger partial charge in [-0.05, 0) is 31.9 Å². The lowest BCUT2D eigenvalue weighted by Gasteiger charge is -2.27. The van der Waals surface area contributed by atoms with E-state index in [0.717, 1.165) is 25.1 Å². The van der Waals surface area contributed by atoms with E-state index in [9.17, 15) is 0 Å². The number of likely N-dealkylation sites (N-methyl/N-ethyl adjacent to an activating group) is 1. The molecule has 1 aromatic heterocycles. The van der Waals surface area contributed by atoms with Gasteiger partial charge in [0.1, 0.15) is 6.33 Å². The Balaban J connectivity index is 2.94. The fraction of sp³-hybridized carbons (Fsp3) is 0.733. The van der Waals surface area contributed by atoms with Crippen molar-refractivity contribution in [2.24, 2.45) is 5.92 Å². The summed E-state index contributed by atoms with van der Waals surface area (Å²) in [5, 5.41) is 3.52. The first-order valence-electron chi connectivity index (χ1n) is 7.14. The number of nitrogens with one attached hydrogen (secondary N) is 1. The van der Waals surface area contributed by atoms with E-state index in [1.165, 1.54) is 5.69 Å². The zero-order valence-corrected chi connectivity index (χ0v) is 12.4. The van der Waals surface area contributed by atoms with Gasteiger partial charge in [0, 0.05) is 23.3 Å². The molecule has 2 atom stereocenters. The van der Waals surface area contributed by atoms with Gasteiger partial charge in [-0.1, -0.05) is 34.1 Å². The summed E-state index contributed by atoms with van der Waals surface area (Å²) in [4.78, 5) is 8.84. The monoisotopic (exact) mass is 249 g/mol. The van der Waals surface area contributed by atoms with Gasteiger partial charge in [-0.3, -0.25) is 0 Å². The minimum atomic E-state index is 0.444. The zero-order chi connectivity index (χ0) is 13.5. The Bertz CT molecular complexity index is 349. The van der Waals surface area contributed by atoms with Gasteiger partial charge in [-0.15, -0.1) is 0 Å². The van der Waals surface area contributed by atoms with Gasteiger partial charge < -0.3 is 5.32 Å². The number of rotatable bonds is 7. The maximum absolute atomic E-state index is 4.50. The minimum Gasteiger partial charge on any atom is -0.314 e. The van der Waals surface area contributed by atoms with E-state index in [1.807, 2.05) is 0 Å². The van der Waals surface area contributed by atoms with Gasteiger partial charge in [-0.25, -0.2) is 9.97 Å². The largest absolute Gasteiger partial charge is 0.314 e. The van der Waals surface area contributed by atoms with Gasteiger partial charge in [-0.2, -0.15) is 0 Å². The fourth-order valence-corrected chi connectivity index (χ4v) is 2.61. The fourth-order valence-electron chi connectivity index (χ4n) is 2.61. The van der Waals surface area contributed by atoms with E-state index in [4.69, 9.17) is 0 Å². The molecule has 0 amide bonds. The molecule has 1 heterocycles. The van der Waals surface area contributed by atoms with Crippen LogP contribution in [-0.4, -0.2) is 22.6 Å². The van der Waals surface area contributed by atoms with Crippen molar-refractivity contribution in [3.05, 3.63) is 23.8 Å². The molecule has 1 N–H and O–H groups in total. The second kappa shape index (κ2) is 7.47. The molecule has 0 aliphatic carbocycles. The third-order valence-electron chi connectivity index (χ3n) is 3.38. The predicted octanol–water partition coefficient (Wildman–Crippen LogP) is 3.17. The highest BCUT2D eigenvalue weighted by Crippen LogP contribution is 2.26. The van der Waals surface area contributed by atoms with Crippen molar-refractivity contribution in [2.75, 3.05) is 6.54 Å². The van der Waals surface area contributed by atoms with Crippen molar-refractivity contribution in [3.63, 3.8) is 0 Å². The number of nitrogens with zero attached hydrogens (tertiary/aromatic N) is 2. The molecule has 0 aliphatic rings. The SMILES string of the molecule is CCCc1cc(C(C(C)C)C(C)NCC)ncn1. The maximum Gasteiger partial charge on any atom is 0.115 e. The average Bonchev–Trinajstić information content (AvgIpc) is 2.30. The van der Waals surface area contributed by atoms with Crippen LogP contribution in [0.1, 0.15) is 58.3 Å². The van der Waals surface area contributed by atoms with Gasteiger partial charge >= 0.3 is 0 Å². The molecule has 3 nitrogen and oxygen atoms in total. The lowest BCUT2D eigenvalue weighted by molar-refractivity contribution is 0.375. The maximum atomic E-state index is 4.50. The highest BCUT2D eigenvalue weighted by atomic mass is 14.9. The summed E-state index contributed by atoms with van der Waals surface area (Å²) in [7, 11) is 0. The number of hydrogen-bond donors (Lipinski definition) is 1. The average molecular weight is 249 g/mol. The van der Waals surface area contributed by atoms with E-state index >= 15 is 0 Å². The van der Waals surface area contributed by atoms with Crippen LogP contribution in [0.2, 0.25) is 0 Å². The minimum absolute atomic E-state index is 0.444. The first kappa shape index (κ1) is 15.1. The van der Waals surface area contributed by atoms with E-state index in [1.54, 1.807) is 6.33 Å². The van der Waals surface area contributed by atoms with Crippen LogP contribution < -0.4 is 5.32 Å². The van der Waals surface area contributed by atoms with Crippen molar-refractivity contribution in [1.29, 1.82) is 0 Å². The predicted molar refractivity (Wildman–Crippen MR) is 76.7 cm³/mol. The Labute approximate surface area is 111 Å². The van der Waals surface area contributed by atoms with Crippen LogP contribution in [0.3, 0.4) is 0 Å².